The van der Waals surface area contributed by atoms with Gasteiger partial charge in [0.2, 0.25) is 0 Å². The number of nitrogens with one attached hydrogen (secondary N) is 2. The van der Waals surface area contributed by atoms with Crippen molar-refractivity contribution < 1.29 is 9.53 Å². The smallest absolute Gasteiger partial charge is 0.258 e. The van der Waals surface area contributed by atoms with Crippen LogP contribution in [0.3, 0.4) is 0 Å². The molecule has 0 bridgehead atoms. The Morgan fingerprint density at radius 1 is 1.45 bits per heavy atom. The minimum Gasteiger partial charge on any atom is -0.483 e. The van der Waals surface area contributed by atoms with E-state index in [1.165, 1.54) is 0 Å². The molecule has 1 saturated heterocycles. The molecular formula is C16H24N2O2. The summed E-state index contributed by atoms with van der Waals surface area (Å²) in [6.07, 6.45) is 1.10. The van der Waals surface area contributed by atoms with Crippen molar-refractivity contribution in [2.75, 3.05) is 19.7 Å². The Bertz CT molecular complexity index is 474. The highest BCUT2D eigenvalue weighted by Crippen LogP contribution is 2.19. The summed E-state index contributed by atoms with van der Waals surface area (Å²) in [6, 6.07) is 6.22. The van der Waals surface area contributed by atoms with Crippen LogP contribution in [0.15, 0.2) is 18.2 Å². The first-order valence-corrected chi connectivity index (χ1v) is 7.26. The summed E-state index contributed by atoms with van der Waals surface area (Å²) in [5.74, 6) is 1.25. The Hall–Kier alpha value is -1.55. The largest absolute Gasteiger partial charge is 0.483 e. The summed E-state index contributed by atoms with van der Waals surface area (Å²) in [5, 5.41) is 6.35. The molecule has 1 aromatic rings. The summed E-state index contributed by atoms with van der Waals surface area (Å²) >= 11 is 0. The first-order chi connectivity index (χ1) is 9.56. The maximum absolute atomic E-state index is 12.0. The van der Waals surface area contributed by atoms with Gasteiger partial charge in [-0.2, -0.15) is 0 Å². The Morgan fingerprint density at radius 2 is 2.25 bits per heavy atom. The Kier molecular flexibility index (Phi) is 5.01. The van der Waals surface area contributed by atoms with Crippen molar-refractivity contribution in [3.63, 3.8) is 0 Å². The molecule has 110 valence electrons. The van der Waals surface area contributed by atoms with E-state index in [2.05, 4.69) is 17.6 Å². The minimum absolute atomic E-state index is 0.0496. The molecule has 1 fully saturated rings. The van der Waals surface area contributed by atoms with E-state index >= 15 is 0 Å². The lowest BCUT2D eigenvalue weighted by molar-refractivity contribution is -0.124. The molecule has 0 spiro atoms. The number of benzene rings is 1. The molecule has 4 nitrogen and oxygen atoms in total. The number of carbonyl (C=O) groups excluding carboxylic acids is 1. The third-order valence-electron chi connectivity index (χ3n) is 3.88. The van der Waals surface area contributed by atoms with Crippen molar-refractivity contribution in [1.29, 1.82) is 0 Å². The third-order valence-corrected chi connectivity index (χ3v) is 3.88. The van der Waals surface area contributed by atoms with Gasteiger partial charge in [0, 0.05) is 12.6 Å². The number of amides is 1. The van der Waals surface area contributed by atoms with E-state index in [0.717, 1.165) is 36.4 Å². The molecule has 2 atom stereocenters. The second-order valence-corrected chi connectivity index (χ2v) is 5.70. The second kappa shape index (κ2) is 6.75. The number of carbonyl (C=O) groups is 1. The van der Waals surface area contributed by atoms with Crippen LogP contribution >= 0.6 is 0 Å². The van der Waals surface area contributed by atoms with E-state index in [1.54, 1.807) is 0 Å². The maximum atomic E-state index is 12.0. The van der Waals surface area contributed by atoms with E-state index in [4.69, 9.17) is 4.74 Å². The van der Waals surface area contributed by atoms with Crippen LogP contribution in [-0.4, -0.2) is 31.6 Å². The van der Waals surface area contributed by atoms with Gasteiger partial charge in [0.1, 0.15) is 5.75 Å². The average molecular weight is 276 g/mol. The predicted octanol–water partition coefficient (Wildman–Crippen LogP) is 1.80. The zero-order valence-electron chi connectivity index (χ0n) is 12.5. The SMILES string of the molecule is Cc1ccc(C)c(OCC(=O)NC2CNCCC2C)c1. The highest BCUT2D eigenvalue weighted by Gasteiger charge is 2.22. The zero-order chi connectivity index (χ0) is 14.5. The van der Waals surface area contributed by atoms with Gasteiger partial charge in [-0.1, -0.05) is 19.1 Å². The molecule has 0 aromatic heterocycles. The monoisotopic (exact) mass is 276 g/mol. The fourth-order valence-electron chi connectivity index (χ4n) is 2.44. The van der Waals surface area contributed by atoms with Gasteiger partial charge in [0.25, 0.3) is 5.91 Å². The summed E-state index contributed by atoms with van der Waals surface area (Å²) in [5.41, 5.74) is 2.19. The van der Waals surface area contributed by atoms with Crippen molar-refractivity contribution in [3.05, 3.63) is 29.3 Å². The molecule has 4 heteroatoms. The van der Waals surface area contributed by atoms with Gasteiger partial charge in [-0.15, -0.1) is 0 Å². The van der Waals surface area contributed by atoms with Crippen LogP contribution in [0.5, 0.6) is 5.75 Å². The summed E-state index contributed by atoms with van der Waals surface area (Å²) in [7, 11) is 0. The fourth-order valence-corrected chi connectivity index (χ4v) is 2.44. The van der Waals surface area contributed by atoms with E-state index < -0.39 is 0 Å². The number of ether oxygens (including phenoxy) is 1. The topological polar surface area (TPSA) is 50.4 Å². The standard InChI is InChI=1S/C16H24N2O2/c1-11-4-5-13(3)15(8-11)20-10-16(19)18-14-9-17-7-6-12(14)2/h4-5,8,12,14,17H,6-7,9-10H2,1-3H3,(H,18,19). The molecule has 1 amide bonds. The molecule has 1 aromatic carbocycles. The molecule has 1 aliphatic heterocycles. The fraction of sp³-hybridized carbons (Fsp3) is 0.562. The molecule has 1 heterocycles. The molecule has 2 unspecified atom stereocenters. The van der Waals surface area contributed by atoms with Crippen molar-refractivity contribution in [3.8, 4) is 5.75 Å². The normalized spacial score (nSPS) is 22.4. The first kappa shape index (κ1) is 14.9. The molecule has 2 rings (SSSR count). The van der Waals surface area contributed by atoms with E-state index in [0.29, 0.717) is 5.92 Å². The molecule has 0 saturated carbocycles. The van der Waals surface area contributed by atoms with Gasteiger partial charge >= 0.3 is 0 Å². The quantitative estimate of drug-likeness (QED) is 0.881. The van der Waals surface area contributed by atoms with Crippen LogP contribution in [0.4, 0.5) is 0 Å². The molecule has 0 aliphatic carbocycles. The Balaban J connectivity index is 1.84. The Labute approximate surface area is 120 Å². The van der Waals surface area contributed by atoms with Crippen LogP contribution in [0.2, 0.25) is 0 Å². The van der Waals surface area contributed by atoms with Crippen LogP contribution in [0.25, 0.3) is 0 Å². The molecular weight excluding hydrogens is 252 g/mol. The Morgan fingerprint density at radius 3 is 3.00 bits per heavy atom. The number of hydrogen-bond donors (Lipinski definition) is 2. The van der Waals surface area contributed by atoms with Crippen LogP contribution in [-0.2, 0) is 4.79 Å². The van der Waals surface area contributed by atoms with Gasteiger partial charge in [0.15, 0.2) is 6.61 Å². The van der Waals surface area contributed by atoms with Gasteiger partial charge in [-0.05, 0) is 49.9 Å². The molecule has 2 N–H and O–H groups in total. The van der Waals surface area contributed by atoms with Crippen molar-refractivity contribution in [2.24, 2.45) is 5.92 Å². The lowest BCUT2D eigenvalue weighted by Gasteiger charge is -2.30. The van der Waals surface area contributed by atoms with E-state index in [9.17, 15) is 4.79 Å². The van der Waals surface area contributed by atoms with Crippen LogP contribution in [0.1, 0.15) is 24.5 Å². The number of piperidine rings is 1. The zero-order valence-corrected chi connectivity index (χ0v) is 12.5. The van der Waals surface area contributed by atoms with Gasteiger partial charge < -0.3 is 15.4 Å². The first-order valence-electron chi connectivity index (χ1n) is 7.26. The van der Waals surface area contributed by atoms with Crippen molar-refractivity contribution >= 4 is 5.91 Å². The molecule has 1 aliphatic rings. The number of rotatable bonds is 4. The molecule has 20 heavy (non-hydrogen) atoms. The van der Waals surface area contributed by atoms with E-state index in [-0.39, 0.29) is 18.6 Å². The predicted molar refractivity (Wildman–Crippen MR) is 80.0 cm³/mol. The highest BCUT2D eigenvalue weighted by atomic mass is 16.5. The third kappa shape index (κ3) is 3.97. The lowest BCUT2D eigenvalue weighted by Crippen LogP contribution is -2.51. The molecule has 0 radical (unpaired) electrons. The maximum Gasteiger partial charge on any atom is 0.258 e. The second-order valence-electron chi connectivity index (χ2n) is 5.70. The number of aryl methyl sites for hydroxylation is 2. The van der Waals surface area contributed by atoms with Crippen LogP contribution < -0.4 is 15.4 Å². The highest BCUT2D eigenvalue weighted by molar-refractivity contribution is 5.78. The van der Waals surface area contributed by atoms with Crippen molar-refractivity contribution in [1.82, 2.24) is 10.6 Å². The summed E-state index contributed by atoms with van der Waals surface area (Å²) in [6.45, 7) is 8.13. The van der Waals surface area contributed by atoms with Crippen LogP contribution in [0, 0.1) is 19.8 Å². The number of hydrogen-bond acceptors (Lipinski definition) is 3. The lowest BCUT2D eigenvalue weighted by atomic mass is 9.95. The van der Waals surface area contributed by atoms with E-state index in [1.807, 2.05) is 32.0 Å². The van der Waals surface area contributed by atoms with Gasteiger partial charge in [-0.3, -0.25) is 4.79 Å². The minimum atomic E-state index is -0.0496. The summed E-state index contributed by atoms with van der Waals surface area (Å²) < 4.78 is 5.62. The van der Waals surface area contributed by atoms with Crippen molar-refractivity contribution in [2.45, 2.75) is 33.2 Å². The summed E-state index contributed by atoms with van der Waals surface area (Å²) in [4.78, 5) is 12.0. The van der Waals surface area contributed by atoms with Gasteiger partial charge in [-0.25, -0.2) is 0 Å². The van der Waals surface area contributed by atoms with Gasteiger partial charge in [0.05, 0.1) is 0 Å². The average Bonchev–Trinajstić information content (AvgIpc) is 2.42.